The average Bonchev–Trinajstić information content (AvgIpc) is 2.75. The van der Waals surface area contributed by atoms with Gasteiger partial charge in [0, 0.05) is 32.6 Å². The summed E-state index contributed by atoms with van der Waals surface area (Å²) in [5, 5.41) is 0. The first-order valence-corrected chi connectivity index (χ1v) is 7.14. The molecule has 118 valence electrons. The topological polar surface area (TPSA) is 53.1 Å². The quantitative estimate of drug-likeness (QED) is 0.697. The predicted molar refractivity (Wildman–Crippen MR) is 68.6 cm³/mol. The number of ether oxygens (including phenoxy) is 1. The molecule has 21 heavy (non-hydrogen) atoms. The number of morpholine rings is 1. The van der Waals surface area contributed by atoms with E-state index in [-0.39, 0.29) is 37.4 Å². The van der Waals surface area contributed by atoms with Crippen molar-refractivity contribution in [2.75, 3.05) is 46.4 Å². The van der Waals surface area contributed by atoms with Crippen molar-refractivity contribution in [3.63, 3.8) is 0 Å². The zero-order valence-electron chi connectivity index (χ0n) is 11.9. The van der Waals surface area contributed by atoms with Gasteiger partial charge in [-0.3, -0.25) is 9.59 Å². The molecule has 0 radical (unpaired) electrons. The second kappa shape index (κ2) is 5.17. The number of amides is 2. The second-order valence-corrected chi connectivity index (χ2v) is 6.07. The van der Waals surface area contributed by atoms with Crippen LogP contribution in [0.25, 0.3) is 0 Å². The number of carbonyl (C=O) groups is 2. The highest BCUT2D eigenvalue weighted by atomic mass is 19.3. The molecule has 0 aromatic heterocycles. The van der Waals surface area contributed by atoms with E-state index in [4.69, 9.17) is 0 Å². The van der Waals surface area contributed by atoms with Crippen LogP contribution >= 0.6 is 0 Å². The third-order valence-electron chi connectivity index (χ3n) is 4.35. The lowest BCUT2D eigenvalue weighted by Crippen LogP contribution is -2.58. The smallest absolute Gasteiger partial charge is 0.336 e. The molecule has 3 aliphatic rings. The van der Waals surface area contributed by atoms with Gasteiger partial charge in [0.15, 0.2) is 0 Å². The zero-order valence-corrected chi connectivity index (χ0v) is 11.9. The third kappa shape index (κ3) is 2.87. The lowest BCUT2D eigenvalue weighted by Gasteiger charge is -2.42. The Bertz CT molecular complexity index is 454. The van der Waals surface area contributed by atoms with Gasteiger partial charge in [0.25, 0.3) is 0 Å². The Morgan fingerprint density at radius 1 is 1.33 bits per heavy atom. The van der Waals surface area contributed by atoms with Crippen molar-refractivity contribution >= 4 is 11.8 Å². The van der Waals surface area contributed by atoms with Crippen molar-refractivity contribution in [3.8, 4) is 0 Å². The van der Waals surface area contributed by atoms with Crippen LogP contribution in [0.1, 0.15) is 6.42 Å². The van der Waals surface area contributed by atoms with Gasteiger partial charge in [0.1, 0.15) is 6.54 Å². The molecule has 2 amide bonds. The van der Waals surface area contributed by atoms with Crippen molar-refractivity contribution in [1.82, 2.24) is 14.7 Å². The summed E-state index contributed by atoms with van der Waals surface area (Å²) in [7, 11) is 1.97. The van der Waals surface area contributed by atoms with E-state index in [1.54, 1.807) is 4.90 Å². The summed E-state index contributed by atoms with van der Waals surface area (Å²) >= 11 is 0. The highest BCUT2D eigenvalue weighted by molar-refractivity contribution is 5.89. The Labute approximate surface area is 121 Å². The minimum atomic E-state index is -3.28. The second-order valence-electron chi connectivity index (χ2n) is 6.07. The van der Waals surface area contributed by atoms with E-state index in [2.05, 4.69) is 9.64 Å². The Kier molecular flexibility index (Phi) is 3.61. The van der Waals surface area contributed by atoms with Crippen molar-refractivity contribution in [2.24, 2.45) is 5.92 Å². The van der Waals surface area contributed by atoms with Gasteiger partial charge in [0.05, 0.1) is 18.6 Å². The van der Waals surface area contributed by atoms with Crippen LogP contribution in [-0.4, -0.2) is 85.0 Å². The molecule has 8 heteroatoms. The molecular weight excluding hydrogens is 284 g/mol. The van der Waals surface area contributed by atoms with Crippen molar-refractivity contribution in [1.29, 1.82) is 0 Å². The Hall–Kier alpha value is -1.28. The van der Waals surface area contributed by atoms with E-state index >= 15 is 0 Å². The van der Waals surface area contributed by atoms with Gasteiger partial charge >= 0.3 is 6.11 Å². The van der Waals surface area contributed by atoms with E-state index in [0.717, 1.165) is 18.0 Å². The molecule has 3 saturated heterocycles. The molecule has 0 saturated carbocycles. The number of likely N-dealkylation sites (N-methyl/N-ethyl adjacent to an activating group) is 1. The number of alkyl halides is 2. The molecule has 3 aliphatic heterocycles. The summed E-state index contributed by atoms with van der Waals surface area (Å²) in [4.78, 5) is 29.3. The van der Waals surface area contributed by atoms with E-state index in [0.29, 0.717) is 6.54 Å². The maximum absolute atomic E-state index is 13.2. The lowest BCUT2D eigenvalue weighted by molar-refractivity contribution is -0.268. The Balaban J connectivity index is 1.60. The molecule has 0 bridgehead atoms. The first-order chi connectivity index (χ1) is 9.85. The van der Waals surface area contributed by atoms with Gasteiger partial charge in [-0.05, 0) is 7.05 Å². The number of rotatable bonds is 2. The molecule has 3 heterocycles. The number of nitrogens with zero attached hydrogens (tertiary/aromatic N) is 3. The van der Waals surface area contributed by atoms with Gasteiger partial charge in [-0.1, -0.05) is 0 Å². The van der Waals surface area contributed by atoms with Crippen molar-refractivity contribution in [3.05, 3.63) is 0 Å². The fourth-order valence-electron chi connectivity index (χ4n) is 3.21. The number of carbonyl (C=O) groups excluding carboxylic acids is 2. The van der Waals surface area contributed by atoms with Crippen LogP contribution in [-0.2, 0) is 14.3 Å². The summed E-state index contributed by atoms with van der Waals surface area (Å²) < 4.78 is 30.7. The van der Waals surface area contributed by atoms with Gasteiger partial charge in [0.2, 0.25) is 11.8 Å². The molecule has 0 spiro atoms. The Morgan fingerprint density at radius 3 is 2.67 bits per heavy atom. The predicted octanol–water partition coefficient (Wildman–Crippen LogP) is -0.400. The molecule has 0 aromatic carbocycles. The van der Waals surface area contributed by atoms with Gasteiger partial charge in [-0.25, -0.2) is 0 Å². The third-order valence-corrected chi connectivity index (χ3v) is 4.35. The largest absolute Gasteiger partial charge is 0.373 e. The van der Waals surface area contributed by atoms with Crippen LogP contribution in [0.4, 0.5) is 8.78 Å². The normalized spacial score (nSPS) is 30.6. The maximum Gasteiger partial charge on any atom is 0.373 e. The molecule has 0 aliphatic carbocycles. The van der Waals surface area contributed by atoms with Crippen LogP contribution in [0.2, 0.25) is 0 Å². The lowest BCUT2D eigenvalue weighted by atomic mass is 10.1. The van der Waals surface area contributed by atoms with E-state index < -0.39 is 18.6 Å². The van der Waals surface area contributed by atoms with E-state index in [1.165, 1.54) is 0 Å². The zero-order chi connectivity index (χ0) is 15.2. The molecule has 0 N–H and O–H groups in total. The SMILES string of the molecule is CN1CC(N2CC(C(=O)N3CCOC(F)(F)C3)CC2=O)C1. The van der Waals surface area contributed by atoms with E-state index in [9.17, 15) is 18.4 Å². The standard InChI is InChI=1S/C13H19F2N3O3/c1-16-6-10(7-16)18-5-9(4-11(18)19)12(20)17-2-3-21-13(14,15)8-17/h9-10H,2-8H2,1H3. The van der Waals surface area contributed by atoms with Crippen LogP contribution in [0.15, 0.2) is 0 Å². The first kappa shape index (κ1) is 14.6. The fraction of sp³-hybridized carbons (Fsp3) is 0.846. The van der Waals surface area contributed by atoms with Gasteiger partial charge in [-0.2, -0.15) is 8.78 Å². The molecule has 0 aromatic rings. The summed E-state index contributed by atoms with van der Waals surface area (Å²) in [6.07, 6.45) is -3.16. The number of hydrogen-bond acceptors (Lipinski definition) is 4. The maximum atomic E-state index is 13.2. The molecule has 1 atom stereocenters. The Morgan fingerprint density at radius 2 is 2.05 bits per heavy atom. The van der Waals surface area contributed by atoms with Gasteiger partial charge in [-0.15, -0.1) is 0 Å². The average molecular weight is 303 g/mol. The minimum Gasteiger partial charge on any atom is -0.336 e. The minimum absolute atomic E-state index is 0.0496. The summed E-state index contributed by atoms with van der Waals surface area (Å²) in [6, 6.07) is 0.159. The monoisotopic (exact) mass is 303 g/mol. The highest BCUT2D eigenvalue weighted by Crippen LogP contribution is 2.28. The van der Waals surface area contributed by atoms with Crippen LogP contribution in [0.5, 0.6) is 0 Å². The fourth-order valence-corrected chi connectivity index (χ4v) is 3.21. The molecule has 3 rings (SSSR count). The molecule has 3 fully saturated rings. The van der Waals surface area contributed by atoms with Crippen LogP contribution < -0.4 is 0 Å². The van der Waals surface area contributed by atoms with Crippen molar-refractivity contribution < 1.29 is 23.1 Å². The van der Waals surface area contributed by atoms with Crippen LogP contribution in [0.3, 0.4) is 0 Å². The highest BCUT2D eigenvalue weighted by Gasteiger charge is 2.45. The summed E-state index contributed by atoms with van der Waals surface area (Å²) in [5.74, 6) is -0.912. The number of hydrogen-bond donors (Lipinski definition) is 0. The number of likely N-dealkylation sites (tertiary alicyclic amines) is 2. The van der Waals surface area contributed by atoms with Gasteiger partial charge < -0.3 is 19.4 Å². The van der Waals surface area contributed by atoms with Crippen molar-refractivity contribution in [2.45, 2.75) is 18.6 Å². The summed E-state index contributed by atoms with van der Waals surface area (Å²) in [6.45, 7) is 1.23. The molecule has 1 unspecified atom stereocenters. The number of halogens is 2. The summed E-state index contributed by atoms with van der Waals surface area (Å²) in [5.41, 5.74) is 0. The molecule has 6 nitrogen and oxygen atoms in total. The van der Waals surface area contributed by atoms with E-state index in [1.807, 2.05) is 7.05 Å². The molecular formula is C13H19F2N3O3. The van der Waals surface area contributed by atoms with Crippen LogP contribution in [0, 0.1) is 5.92 Å². The first-order valence-electron chi connectivity index (χ1n) is 7.14.